The summed E-state index contributed by atoms with van der Waals surface area (Å²) in [5.41, 5.74) is 1.87. The number of rotatable bonds is 9. The zero-order valence-electron chi connectivity index (χ0n) is 25.6. The molecule has 0 aliphatic carbocycles. The van der Waals surface area contributed by atoms with Crippen LogP contribution >= 0.6 is 0 Å². The maximum absolute atomic E-state index is 12.3. The Morgan fingerprint density at radius 2 is 0.959 bits per heavy atom. The fourth-order valence-electron chi connectivity index (χ4n) is 5.06. The number of hydrogen-bond acceptors (Lipinski definition) is 12. The number of phenolic OH excluding ortho intramolecular Hbond substituents is 2. The molecule has 6 aromatic rings. The predicted molar refractivity (Wildman–Crippen MR) is 181 cm³/mol. The Hall–Kier alpha value is -4.68. The van der Waals surface area contributed by atoms with Gasteiger partial charge in [-0.25, -0.2) is 0 Å². The van der Waals surface area contributed by atoms with Crippen molar-refractivity contribution >= 4 is 94.3 Å². The molecule has 0 amide bonds. The molecule has 6 rings (SSSR count). The van der Waals surface area contributed by atoms with Crippen LogP contribution in [0.15, 0.2) is 128 Å². The number of nitrogens with zero attached hydrogens (tertiary/aromatic N) is 6. The monoisotopic (exact) mass is 707 g/mol. The van der Waals surface area contributed by atoms with Gasteiger partial charge in [0.2, 0.25) is 0 Å². The summed E-state index contributed by atoms with van der Waals surface area (Å²) >= 11 is 0. The molecule has 0 bridgehead atoms. The van der Waals surface area contributed by atoms with Gasteiger partial charge in [0, 0.05) is 52.7 Å². The summed E-state index contributed by atoms with van der Waals surface area (Å²) in [6.07, 6.45) is 2.93. The molecule has 4 aromatic carbocycles. The topological polar surface area (TPSA) is 224 Å². The molecule has 0 saturated heterocycles. The van der Waals surface area contributed by atoms with Gasteiger partial charge in [0.05, 0.1) is 32.5 Å². The van der Waals surface area contributed by atoms with Crippen molar-refractivity contribution in [3.05, 3.63) is 108 Å². The first-order valence-electron chi connectivity index (χ1n) is 14.1. The normalized spacial score (nSPS) is 12.2. The van der Waals surface area contributed by atoms with Crippen molar-refractivity contribution < 1.29 is 36.2 Å². The number of fused-ring (bicyclic) bond motifs is 2. The second-order valence-electron chi connectivity index (χ2n) is 10.4. The van der Waals surface area contributed by atoms with Gasteiger partial charge in [-0.2, -0.15) is 27.1 Å². The average molecular weight is 708 g/mol. The number of hydrogen-bond donors (Lipinski definition) is 4. The molecule has 1 radical (unpaired) electrons. The molecule has 17 heteroatoms. The Bertz CT molecular complexity index is 2340. The minimum atomic E-state index is -4.74. The first-order chi connectivity index (χ1) is 22.9. The summed E-state index contributed by atoms with van der Waals surface area (Å²) in [4.78, 5) is 7.34. The van der Waals surface area contributed by atoms with E-state index in [2.05, 4.69) is 30.4 Å². The summed E-state index contributed by atoms with van der Waals surface area (Å²) in [5.74, 6) is -0.0846. The number of aromatic hydroxyl groups is 2. The second-order valence-corrected chi connectivity index (χ2v) is 13.2. The van der Waals surface area contributed by atoms with Crippen molar-refractivity contribution in [2.75, 3.05) is 0 Å². The van der Waals surface area contributed by atoms with Crippen molar-refractivity contribution in [1.82, 2.24) is 9.97 Å². The molecule has 0 saturated carbocycles. The van der Waals surface area contributed by atoms with Gasteiger partial charge in [-0.05, 0) is 96.8 Å². The quantitative estimate of drug-likeness (QED) is 0.0689. The molecule has 4 N–H and O–H groups in total. The van der Waals surface area contributed by atoms with Gasteiger partial charge >= 0.3 is 0 Å². The molecule has 243 valence electrons. The first-order valence-corrected chi connectivity index (χ1v) is 16.9. The number of aromatic nitrogens is 2. The average Bonchev–Trinajstić information content (AvgIpc) is 3.06. The van der Waals surface area contributed by atoms with Gasteiger partial charge in [0.15, 0.2) is 0 Å². The van der Waals surface area contributed by atoms with Crippen LogP contribution in [0.5, 0.6) is 11.5 Å². The van der Waals surface area contributed by atoms with Crippen LogP contribution in [-0.4, -0.2) is 75.7 Å². The van der Waals surface area contributed by atoms with E-state index in [0.717, 1.165) is 12.1 Å². The summed E-state index contributed by atoms with van der Waals surface area (Å²) in [6, 6.07) is 20.6. The molecule has 0 atom stereocenters. The Morgan fingerprint density at radius 3 is 1.35 bits per heavy atom. The van der Waals surface area contributed by atoms with Gasteiger partial charge in [-0.1, -0.05) is 12.1 Å². The smallest absolute Gasteiger partial charge is 0.294 e. The number of phenols is 2. The maximum Gasteiger partial charge on any atom is 0.294 e. The number of pyridine rings is 2. The van der Waals surface area contributed by atoms with Gasteiger partial charge in [0.1, 0.15) is 22.5 Å². The first kappa shape index (κ1) is 35.6. The van der Waals surface area contributed by atoms with Gasteiger partial charge in [0.25, 0.3) is 20.2 Å². The third-order valence-corrected chi connectivity index (χ3v) is 9.19. The third-order valence-electron chi connectivity index (χ3n) is 7.32. The summed E-state index contributed by atoms with van der Waals surface area (Å²) in [6.45, 7) is 0. The van der Waals surface area contributed by atoms with E-state index in [0.29, 0.717) is 33.2 Å². The Balaban J connectivity index is 0.00000468. The minimum absolute atomic E-state index is 0. The summed E-state index contributed by atoms with van der Waals surface area (Å²) in [7, 11) is -9.48. The van der Waals surface area contributed by atoms with E-state index in [1.54, 1.807) is 24.3 Å². The molecule has 0 unspecified atom stereocenters. The van der Waals surface area contributed by atoms with Gasteiger partial charge in [-0.15, -0.1) is 10.2 Å². The van der Waals surface area contributed by atoms with E-state index >= 15 is 0 Å². The SMILES string of the molecule is O=S(=O)(O)c1cc(N=Nc2ccc(O)c3ncccc23)ccc1CCc1ccc(N=Nc2ccc(O)c3ncccc23)cc1S(=O)(=O)O.[Na]. The largest absolute Gasteiger partial charge is 0.506 e. The van der Waals surface area contributed by atoms with Crippen LogP contribution in [0.3, 0.4) is 0 Å². The zero-order valence-corrected chi connectivity index (χ0v) is 29.2. The molecular formula is C32H24N6NaO8S2. The number of azo groups is 2. The Labute approximate surface area is 301 Å². The molecule has 2 aromatic heterocycles. The maximum atomic E-state index is 12.3. The third kappa shape index (κ3) is 7.97. The van der Waals surface area contributed by atoms with Crippen molar-refractivity contribution in [1.29, 1.82) is 0 Å². The molecule has 0 aliphatic heterocycles. The van der Waals surface area contributed by atoms with E-state index < -0.39 is 30.0 Å². The van der Waals surface area contributed by atoms with Crippen LogP contribution in [0, 0.1) is 0 Å². The number of benzene rings is 4. The standard InChI is InChI=1S/C32H24N6O8S2.Na/c39-27-13-11-25(23-3-1-15-33-31(23)27)37-35-21-9-7-19(29(17-21)47(41,42)43)5-6-20-8-10-22(18-30(20)48(44,45)46)36-38-26-12-14-28(40)32-24(26)4-2-16-34-32;/h1-4,7-18,39-40H,5-6H2,(H,41,42,43)(H,44,45,46);. The van der Waals surface area contributed by atoms with E-state index in [1.165, 1.54) is 60.9 Å². The fraction of sp³-hybridized carbons (Fsp3) is 0.0625. The molecule has 14 nitrogen and oxygen atoms in total. The summed E-state index contributed by atoms with van der Waals surface area (Å²) in [5, 5.41) is 37.7. The Morgan fingerprint density at radius 1 is 0.551 bits per heavy atom. The minimum Gasteiger partial charge on any atom is -0.506 e. The van der Waals surface area contributed by atoms with Crippen molar-refractivity contribution in [2.45, 2.75) is 22.6 Å². The molecule has 2 heterocycles. The van der Waals surface area contributed by atoms with Crippen molar-refractivity contribution in [3.63, 3.8) is 0 Å². The number of aryl methyl sites for hydroxylation is 2. The van der Waals surface area contributed by atoms with Crippen LogP contribution in [-0.2, 0) is 33.1 Å². The molecule has 0 aliphatic rings. The summed E-state index contributed by atoms with van der Waals surface area (Å²) < 4.78 is 69.3. The van der Waals surface area contributed by atoms with E-state index in [9.17, 15) is 36.2 Å². The van der Waals surface area contributed by atoms with Crippen LogP contribution in [0.25, 0.3) is 21.8 Å². The van der Waals surface area contributed by atoms with Crippen LogP contribution in [0.4, 0.5) is 22.7 Å². The van der Waals surface area contributed by atoms with Gasteiger partial charge < -0.3 is 10.2 Å². The van der Waals surface area contributed by atoms with Crippen LogP contribution in [0.2, 0.25) is 0 Å². The Kier molecular flexibility index (Phi) is 10.5. The molecular weight excluding hydrogens is 684 g/mol. The van der Waals surface area contributed by atoms with E-state index in [-0.39, 0.29) is 76.4 Å². The predicted octanol–water partition coefficient (Wildman–Crippen LogP) is 6.92. The van der Waals surface area contributed by atoms with Crippen LogP contribution < -0.4 is 0 Å². The van der Waals surface area contributed by atoms with Crippen molar-refractivity contribution in [3.8, 4) is 11.5 Å². The molecule has 49 heavy (non-hydrogen) atoms. The zero-order chi connectivity index (χ0) is 34.1. The van der Waals surface area contributed by atoms with Gasteiger partial charge in [-0.3, -0.25) is 19.1 Å². The fourth-order valence-corrected chi connectivity index (χ4v) is 6.60. The van der Waals surface area contributed by atoms with E-state index in [4.69, 9.17) is 0 Å². The van der Waals surface area contributed by atoms with E-state index in [1.807, 2.05) is 0 Å². The molecule has 0 fully saturated rings. The second kappa shape index (κ2) is 14.4. The van der Waals surface area contributed by atoms with Crippen LogP contribution in [0.1, 0.15) is 11.1 Å². The van der Waals surface area contributed by atoms with Crippen molar-refractivity contribution in [2.24, 2.45) is 20.5 Å². The molecule has 0 spiro atoms.